The van der Waals surface area contributed by atoms with Crippen LogP contribution in [0.25, 0.3) is 0 Å². The molecule has 0 spiro atoms. The van der Waals surface area contributed by atoms with Crippen LogP contribution >= 0.6 is 0 Å². The molecule has 3 nitrogen and oxygen atoms in total. The smallest absolute Gasteiger partial charge is 0.0236 e. The summed E-state index contributed by atoms with van der Waals surface area (Å²) in [5, 5.41) is 3.72. The summed E-state index contributed by atoms with van der Waals surface area (Å²) in [6, 6.07) is 2.56. The van der Waals surface area contributed by atoms with Crippen molar-refractivity contribution >= 4 is 0 Å². The van der Waals surface area contributed by atoms with Crippen molar-refractivity contribution in [1.82, 2.24) is 15.1 Å². The lowest BCUT2D eigenvalue weighted by molar-refractivity contribution is 0.163. The fourth-order valence-electron chi connectivity index (χ4n) is 3.91. The summed E-state index contributed by atoms with van der Waals surface area (Å²) >= 11 is 0. The first kappa shape index (κ1) is 13.8. The van der Waals surface area contributed by atoms with E-state index in [1.807, 2.05) is 0 Å². The first-order chi connectivity index (χ1) is 9.36. The van der Waals surface area contributed by atoms with Crippen molar-refractivity contribution in [2.75, 3.05) is 32.7 Å². The topological polar surface area (TPSA) is 18.5 Å². The molecule has 3 heteroatoms. The fraction of sp³-hybridized carbons (Fsp3) is 1.00. The van der Waals surface area contributed by atoms with Crippen molar-refractivity contribution < 1.29 is 0 Å². The van der Waals surface area contributed by atoms with Gasteiger partial charge < -0.3 is 5.32 Å². The van der Waals surface area contributed by atoms with Crippen LogP contribution in [0.2, 0.25) is 0 Å². The molecule has 0 bridgehead atoms. The minimum atomic E-state index is 0.760. The van der Waals surface area contributed by atoms with Gasteiger partial charge in [-0.15, -0.1) is 0 Å². The maximum atomic E-state index is 3.72. The van der Waals surface area contributed by atoms with E-state index in [2.05, 4.69) is 22.0 Å². The Balaban J connectivity index is 1.50. The quantitative estimate of drug-likeness (QED) is 0.793. The van der Waals surface area contributed by atoms with Crippen LogP contribution in [0.3, 0.4) is 0 Å². The van der Waals surface area contributed by atoms with Crippen LogP contribution in [0.1, 0.15) is 51.9 Å². The minimum Gasteiger partial charge on any atom is -0.313 e. The van der Waals surface area contributed by atoms with Crippen LogP contribution in [0.5, 0.6) is 0 Å². The summed E-state index contributed by atoms with van der Waals surface area (Å²) < 4.78 is 0. The SMILES string of the molecule is CCCN(CC1CCCCN1)C1CCN(C2CC2)C1. The summed E-state index contributed by atoms with van der Waals surface area (Å²) in [5.41, 5.74) is 0. The van der Waals surface area contributed by atoms with E-state index in [4.69, 9.17) is 0 Å². The van der Waals surface area contributed by atoms with Gasteiger partial charge >= 0.3 is 0 Å². The zero-order valence-electron chi connectivity index (χ0n) is 12.6. The van der Waals surface area contributed by atoms with Gasteiger partial charge in [0.05, 0.1) is 0 Å². The zero-order valence-corrected chi connectivity index (χ0v) is 12.6. The Morgan fingerprint density at radius 3 is 2.74 bits per heavy atom. The predicted molar refractivity (Wildman–Crippen MR) is 80.5 cm³/mol. The third kappa shape index (κ3) is 3.71. The molecule has 2 atom stereocenters. The molecule has 110 valence electrons. The van der Waals surface area contributed by atoms with Crippen molar-refractivity contribution in [1.29, 1.82) is 0 Å². The second-order valence-corrected chi connectivity index (χ2v) is 6.81. The van der Waals surface area contributed by atoms with Gasteiger partial charge in [-0.25, -0.2) is 0 Å². The number of hydrogen-bond acceptors (Lipinski definition) is 3. The van der Waals surface area contributed by atoms with Gasteiger partial charge in [-0.05, 0) is 51.6 Å². The molecule has 0 aromatic carbocycles. The highest BCUT2D eigenvalue weighted by Gasteiger charge is 2.36. The molecule has 2 saturated heterocycles. The molecule has 3 aliphatic rings. The second kappa shape index (κ2) is 6.55. The number of rotatable bonds is 6. The highest BCUT2D eigenvalue weighted by atomic mass is 15.3. The average Bonchev–Trinajstić information content (AvgIpc) is 3.17. The molecule has 0 amide bonds. The van der Waals surface area contributed by atoms with E-state index in [9.17, 15) is 0 Å². The number of likely N-dealkylation sites (tertiary alicyclic amines) is 1. The molecule has 1 aliphatic carbocycles. The van der Waals surface area contributed by atoms with E-state index in [-0.39, 0.29) is 0 Å². The van der Waals surface area contributed by atoms with Gasteiger partial charge in [0.1, 0.15) is 0 Å². The van der Waals surface area contributed by atoms with Gasteiger partial charge in [-0.2, -0.15) is 0 Å². The van der Waals surface area contributed by atoms with Gasteiger partial charge in [0.25, 0.3) is 0 Å². The molecule has 3 fully saturated rings. The minimum absolute atomic E-state index is 0.760. The number of nitrogens with zero attached hydrogens (tertiary/aromatic N) is 2. The Kier molecular flexibility index (Phi) is 4.78. The van der Waals surface area contributed by atoms with E-state index in [0.717, 1.165) is 18.1 Å². The van der Waals surface area contributed by atoms with Gasteiger partial charge in [0, 0.05) is 37.8 Å². The number of hydrogen-bond donors (Lipinski definition) is 1. The average molecular weight is 265 g/mol. The summed E-state index contributed by atoms with van der Waals surface area (Å²) in [7, 11) is 0. The van der Waals surface area contributed by atoms with Gasteiger partial charge in [0.15, 0.2) is 0 Å². The maximum Gasteiger partial charge on any atom is 0.0236 e. The molecule has 0 aromatic rings. The van der Waals surface area contributed by atoms with Crippen molar-refractivity contribution in [3.63, 3.8) is 0 Å². The summed E-state index contributed by atoms with van der Waals surface area (Å²) in [6.45, 7) is 8.85. The van der Waals surface area contributed by atoms with Crippen LogP contribution in [0.4, 0.5) is 0 Å². The Labute approximate surface area is 118 Å². The molecular weight excluding hydrogens is 234 g/mol. The number of piperidine rings is 1. The first-order valence-electron chi connectivity index (χ1n) is 8.58. The maximum absolute atomic E-state index is 3.72. The van der Waals surface area contributed by atoms with Crippen LogP contribution in [0, 0.1) is 0 Å². The first-order valence-corrected chi connectivity index (χ1v) is 8.58. The molecule has 2 aliphatic heterocycles. The number of nitrogens with one attached hydrogen (secondary N) is 1. The van der Waals surface area contributed by atoms with Gasteiger partial charge in [0.2, 0.25) is 0 Å². The molecule has 19 heavy (non-hydrogen) atoms. The van der Waals surface area contributed by atoms with Crippen molar-refractivity contribution in [3.05, 3.63) is 0 Å². The van der Waals surface area contributed by atoms with E-state index in [1.54, 1.807) is 0 Å². The Hall–Kier alpha value is -0.120. The highest BCUT2D eigenvalue weighted by molar-refractivity contribution is 4.93. The summed E-state index contributed by atoms with van der Waals surface area (Å²) in [5.74, 6) is 0. The Bertz CT molecular complexity index is 271. The highest BCUT2D eigenvalue weighted by Crippen LogP contribution is 2.31. The standard InChI is InChI=1S/C16H31N3/c1-2-10-18(12-14-5-3-4-9-17-14)16-8-11-19(13-16)15-6-7-15/h14-17H,2-13H2,1H3. The summed E-state index contributed by atoms with van der Waals surface area (Å²) in [6.07, 6.45) is 9.82. The Morgan fingerprint density at radius 2 is 2.05 bits per heavy atom. The van der Waals surface area contributed by atoms with Crippen LogP contribution < -0.4 is 5.32 Å². The third-order valence-electron chi connectivity index (χ3n) is 5.15. The summed E-state index contributed by atoms with van der Waals surface area (Å²) in [4.78, 5) is 5.55. The van der Waals surface area contributed by atoms with Crippen molar-refractivity contribution in [2.45, 2.75) is 70.0 Å². The molecule has 2 heterocycles. The largest absolute Gasteiger partial charge is 0.313 e. The third-order valence-corrected chi connectivity index (χ3v) is 5.15. The van der Waals surface area contributed by atoms with Gasteiger partial charge in [-0.3, -0.25) is 9.80 Å². The van der Waals surface area contributed by atoms with Crippen LogP contribution in [0.15, 0.2) is 0 Å². The molecule has 3 rings (SSSR count). The predicted octanol–water partition coefficient (Wildman–Crippen LogP) is 2.08. The lowest BCUT2D eigenvalue weighted by atomic mass is 10.0. The second-order valence-electron chi connectivity index (χ2n) is 6.81. The lowest BCUT2D eigenvalue weighted by Gasteiger charge is -2.34. The lowest BCUT2D eigenvalue weighted by Crippen LogP contribution is -2.48. The normalized spacial score (nSPS) is 33.2. The van der Waals surface area contributed by atoms with Crippen LogP contribution in [-0.4, -0.2) is 60.6 Å². The molecule has 1 N–H and O–H groups in total. The zero-order chi connectivity index (χ0) is 13.1. The molecule has 0 aromatic heterocycles. The Morgan fingerprint density at radius 1 is 1.16 bits per heavy atom. The van der Waals surface area contributed by atoms with Crippen LogP contribution in [-0.2, 0) is 0 Å². The van der Waals surface area contributed by atoms with E-state index >= 15 is 0 Å². The molecule has 0 radical (unpaired) electrons. The van der Waals surface area contributed by atoms with Crippen molar-refractivity contribution in [3.8, 4) is 0 Å². The van der Waals surface area contributed by atoms with Crippen molar-refractivity contribution in [2.24, 2.45) is 0 Å². The molecule has 2 unspecified atom stereocenters. The molecule has 1 saturated carbocycles. The molecular formula is C16H31N3. The fourth-order valence-corrected chi connectivity index (χ4v) is 3.91. The van der Waals surface area contributed by atoms with Gasteiger partial charge in [-0.1, -0.05) is 13.3 Å². The van der Waals surface area contributed by atoms with E-state index in [1.165, 1.54) is 77.7 Å². The van der Waals surface area contributed by atoms with E-state index in [0.29, 0.717) is 0 Å². The van der Waals surface area contributed by atoms with E-state index < -0.39 is 0 Å². The monoisotopic (exact) mass is 265 g/mol.